The number of halogens is 4. The van der Waals surface area contributed by atoms with Crippen LogP contribution in [0.25, 0.3) is 43.9 Å². The second kappa shape index (κ2) is 36.3. The summed E-state index contributed by atoms with van der Waals surface area (Å²) in [6.45, 7) is 6.39. The van der Waals surface area contributed by atoms with Gasteiger partial charge in [-0.25, -0.2) is 33.0 Å². The van der Waals surface area contributed by atoms with Crippen LogP contribution in [0.15, 0.2) is 97.6 Å². The number of hydrogen-bond acceptors (Lipinski definition) is 24. The predicted molar refractivity (Wildman–Crippen MR) is 372 cm³/mol. The van der Waals surface area contributed by atoms with E-state index in [9.17, 15) is 33.3 Å². The fourth-order valence-electron chi connectivity index (χ4n) is 11.7. The summed E-state index contributed by atoms with van der Waals surface area (Å²) in [5.74, 6) is -0.380. The summed E-state index contributed by atoms with van der Waals surface area (Å²) < 4.78 is 110. The van der Waals surface area contributed by atoms with Gasteiger partial charge in [-0.2, -0.15) is 31.4 Å². The summed E-state index contributed by atoms with van der Waals surface area (Å²) in [6.07, 6.45) is 5.40. The Labute approximate surface area is 610 Å². The molecule has 0 radical (unpaired) electrons. The molecule has 8 aromatic rings. The van der Waals surface area contributed by atoms with Crippen molar-refractivity contribution in [2.75, 3.05) is 38.9 Å². The number of nitrogens with zero attached hydrogens (tertiary/aromatic N) is 8. The molecule has 4 fully saturated rings. The molecule has 12 rings (SSSR count). The molecule has 28 nitrogen and oxygen atoms in total. The van der Waals surface area contributed by atoms with E-state index >= 15 is 4.39 Å². The number of methoxy groups -OCH3 is 2. The molecule has 4 aliphatic rings. The Bertz CT molecular complexity index is 4150. The monoisotopic (exact) mass is 1500 g/mol. The second-order valence-corrected chi connectivity index (χ2v) is 29.1. The first-order valence-corrected chi connectivity index (χ1v) is 36.7. The first kappa shape index (κ1) is 81.9. The fraction of sp³-hybridized carbons (Fsp3) is 0.500. The number of unbranched alkanes of at least 4 members (excludes halogenated alkanes) is 1. The maximum absolute atomic E-state index is 15.9. The Kier molecular flexibility index (Phi) is 29.5. The summed E-state index contributed by atoms with van der Waals surface area (Å²) in [4.78, 5) is 49.7. The van der Waals surface area contributed by atoms with E-state index in [1.807, 2.05) is 48.5 Å². The number of fused-ring (bicyclic) bond motifs is 4. The van der Waals surface area contributed by atoms with E-state index in [1.54, 1.807) is 43.3 Å². The molecule has 0 spiro atoms. The molecule has 2 saturated heterocycles. The van der Waals surface area contributed by atoms with Crippen LogP contribution in [-0.2, 0) is 42.2 Å². The van der Waals surface area contributed by atoms with E-state index < -0.39 is 100 Å². The number of aliphatic hydroxyl groups excluding tert-OH is 1. The van der Waals surface area contributed by atoms with Gasteiger partial charge in [0.05, 0.1) is 40.1 Å². The summed E-state index contributed by atoms with van der Waals surface area (Å²) >= 11 is 6.07. The van der Waals surface area contributed by atoms with Gasteiger partial charge in [-0.1, -0.05) is 99.0 Å². The molecular weight excluding hydrogens is 1410 g/mol. The molecule has 0 amide bonds. The third kappa shape index (κ3) is 19.9. The van der Waals surface area contributed by atoms with E-state index in [0.717, 1.165) is 80.4 Å². The summed E-state index contributed by atoms with van der Waals surface area (Å²) in [6, 6.07) is 23.6. The summed E-state index contributed by atoms with van der Waals surface area (Å²) in [5, 5.41) is 39.3. The zero-order chi connectivity index (χ0) is 71.4. The van der Waals surface area contributed by atoms with E-state index in [2.05, 4.69) is 53.9 Å². The number of carbonyl (C=O) groups is 2. The Balaban J connectivity index is 0.000000223. The van der Waals surface area contributed by atoms with Crippen molar-refractivity contribution in [3.05, 3.63) is 105 Å². The third-order valence-corrected chi connectivity index (χ3v) is 20.3. The zero-order valence-corrected chi connectivity index (χ0v) is 61.8. The largest absolute Gasteiger partial charge is 2.00 e. The Morgan fingerprint density at radius 2 is 1.09 bits per heavy atom. The van der Waals surface area contributed by atoms with Crippen molar-refractivity contribution < 1.29 is 97.2 Å². The van der Waals surface area contributed by atoms with Crippen molar-refractivity contribution in [2.45, 2.75) is 184 Å². The smallest absolute Gasteiger partial charge is 1.00 e. The molecule has 2 aliphatic carbocycles. The third-order valence-electron chi connectivity index (χ3n) is 17.0. The van der Waals surface area contributed by atoms with Crippen molar-refractivity contribution >= 4 is 117 Å². The number of aliphatic hydroxyl groups is 3. The number of benzene rings is 4. The number of nitrogens with one attached hydrogen (secondary N) is 2. The van der Waals surface area contributed by atoms with Crippen molar-refractivity contribution in [3.63, 3.8) is 0 Å². The number of ether oxygens (including phenoxy) is 6. The number of alkyl halides is 2. The number of aromatic nitrogens is 8. The Morgan fingerprint density at radius 1 is 0.683 bits per heavy atom. The molecule has 4 aromatic carbocycles. The van der Waals surface area contributed by atoms with Gasteiger partial charge >= 0.3 is 49.6 Å². The van der Waals surface area contributed by atoms with Crippen LogP contribution in [0, 0.1) is 6.92 Å². The number of esters is 2. The van der Waals surface area contributed by atoms with Crippen LogP contribution in [0.5, 0.6) is 23.3 Å². The minimum absolute atomic E-state index is 0. The molecule has 6 heterocycles. The molecule has 4 unspecified atom stereocenters. The number of nitrogen functional groups attached to an aromatic ring is 2. The van der Waals surface area contributed by atoms with Crippen LogP contribution in [0.2, 0.25) is 0 Å². The average molecular weight is 1500 g/mol. The minimum atomic E-state index is -4.42. The van der Waals surface area contributed by atoms with Crippen LogP contribution in [0.1, 0.15) is 124 Å². The topological polar surface area (TPSA) is 375 Å². The van der Waals surface area contributed by atoms with Gasteiger partial charge in [-0.15, -0.1) is 0 Å². The van der Waals surface area contributed by atoms with Gasteiger partial charge in [-0.3, -0.25) is 23.2 Å². The van der Waals surface area contributed by atoms with Crippen molar-refractivity contribution in [1.29, 1.82) is 0 Å². The molecule has 35 heteroatoms. The van der Waals surface area contributed by atoms with Crippen molar-refractivity contribution in [2.24, 2.45) is 0 Å². The molecule has 2 saturated carbocycles. The number of rotatable bonds is 21. The molecule has 9 N–H and O–H groups in total. The van der Waals surface area contributed by atoms with Gasteiger partial charge < -0.3 is 83.6 Å². The van der Waals surface area contributed by atoms with Gasteiger partial charge in [-0.05, 0) is 102 Å². The molecule has 4 aromatic heterocycles. The van der Waals surface area contributed by atoms with Crippen LogP contribution in [0.3, 0.4) is 0 Å². The van der Waals surface area contributed by atoms with Gasteiger partial charge in [0, 0.05) is 22.0 Å². The quantitative estimate of drug-likeness (QED) is 0.0157. The number of imidazole rings is 2. The van der Waals surface area contributed by atoms with Crippen LogP contribution < -0.4 is 52.6 Å². The zero-order valence-electron chi connectivity index (χ0n) is 57.1. The number of anilines is 2. The summed E-state index contributed by atoms with van der Waals surface area (Å²) in [5.41, 5.74) is 8.38. The Morgan fingerprint density at radius 3 is 1.51 bits per heavy atom. The van der Waals surface area contributed by atoms with Crippen LogP contribution in [-0.4, -0.2) is 177 Å². The molecule has 0 bridgehead atoms. The first-order valence-electron chi connectivity index (χ1n) is 32.6. The average Bonchev–Trinajstić information content (AvgIpc) is 1.61. The second-order valence-electron chi connectivity index (χ2n) is 24.7. The molecule has 2 aliphatic heterocycles. The minimum Gasteiger partial charge on any atom is -1.00 e. The molecule has 546 valence electrons. The van der Waals surface area contributed by atoms with Crippen molar-refractivity contribution in [3.8, 4) is 23.3 Å². The number of nitrogens with two attached hydrogens (primary N) is 2. The number of carbonyl (C=O) groups excluding carboxylic acids is 2. The number of hydrogen-bond donors (Lipinski definition) is 7. The normalized spacial score (nSPS) is 23.9. The van der Waals surface area contributed by atoms with E-state index in [4.69, 9.17) is 69.8 Å². The molecule has 101 heavy (non-hydrogen) atoms. The molecular formula is C66H86Cl2F2MgN12O16P2. The van der Waals surface area contributed by atoms with Gasteiger partial charge in [0.2, 0.25) is 23.7 Å². The van der Waals surface area contributed by atoms with Crippen LogP contribution in [0.4, 0.5) is 20.7 Å². The summed E-state index contributed by atoms with van der Waals surface area (Å²) in [7, 11) is -1.63. The maximum Gasteiger partial charge on any atom is 2.00 e. The van der Waals surface area contributed by atoms with Crippen molar-refractivity contribution in [1.82, 2.24) is 49.2 Å². The van der Waals surface area contributed by atoms with Gasteiger partial charge in [0.15, 0.2) is 47.1 Å². The Hall–Kier alpha value is -6.41. The standard InChI is InChI=1S/C31H38FN6O8P.C19H23ClNO4P.C12H16FN5O4.C4H9.ClH.Mg/c1-18(28(39)44-20-12-5-4-6-13-20)37-47(41,46-22-15-9-11-19-10-7-8-14-21(19)22)43-16-23-25(32)31(2,40)29(45-23)38-17-34-24-26(38)35-30(33)36-27(24)42-3;1-14(19(22)24-16-10-3-2-4-11-16)21-26(20,23)25-18-13-7-9-15-8-5-6-12-17(15)18;1-12(20)7(13)5(3-19)22-10(12)18-4-15-6-8(18)16-11(14)17-9(6)21-2;1-3-4-2;;/h7-11,14-15,17-18,20,23,25,29,40H,4-6,12-13,16H2,1-3H3,(H,37,41)(H2,33,35,36);5-9,12-14,16H,2-4,10-11H2,1H3,(H,21,23);4-5,7,10,19-20H,3H2,1-2H3,(H2,14,16,17);1,3-4H2,2H3;1H;/q;;;-1;;+2/p-1/t18-,23+,25+,29?,31+,47?;14-,26?;5-,7-,10?,12-;;;/m001.../s1. The van der Waals surface area contributed by atoms with E-state index in [-0.39, 0.29) is 93.9 Å². The maximum atomic E-state index is 15.9. The predicted octanol–water partition coefficient (Wildman–Crippen LogP) is 7.67. The molecule has 12 atom stereocenters. The SMILES string of the molecule is COc1nc(N)nc2c1ncn2C1O[C@H](CO)[C@@H](F)[C@@]1(C)O.COc1nc(N)nc2c1ncn2C1O[C@H](COP(=O)(N[C@@H](C)C(=O)OC2CCCCC2)Oc2cccc3ccccc23)[C@@H](F)[C@@]1(C)O.C[C@H](NP(=O)(Cl)Oc1cccc2ccccc12)C(=O)OC1CCCCC1.[CH2-]CCC.[Cl-].[Mg+2]. The van der Waals surface area contributed by atoms with E-state index in [1.165, 1.54) is 69.6 Å². The van der Waals surface area contributed by atoms with Crippen LogP contribution >= 0.6 is 25.9 Å². The van der Waals surface area contributed by atoms with Gasteiger partial charge in [0.25, 0.3) is 0 Å². The van der Waals surface area contributed by atoms with E-state index in [0.29, 0.717) is 16.7 Å². The first-order chi connectivity index (χ1) is 47.2. The fourth-order valence-corrected chi connectivity index (χ4v) is 14.9. The van der Waals surface area contributed by atoms with Gasteiger partial charge in [0.1, 0.15) is 59.2 Å².